The van der Waals surface area contributed by atoms with Gasteiger partial charge in [-0.3, -0.25) is 0 Å². The van der Waals surface area contributed by atoms with Gasteiger partial charge >= 0.3 is 6.01 Å². The summed E-state index contributed by atoms with van der Waals surface area (Å²) in [5, 5.41) is 14.7. The van der Waals surface area contributed by atoms with Gasteiger partial charge in [0.2, 0.25) is 5.89 Å². The molecule has 106 valence electrons. The first-order valence-corrected chi connectivity index (χ1v) is 7.44. The van der Waals surface area contributed by atoms with E-state index >= 15 is 0 Å². The van der Waals surface area contributed by atoms with Crippen LogP contribution in [0.3, 0.4) is 0 Å². The molecule has 0 radical (unpaired) electrons. The Balaban J connectivity index is 1.60. The summed E-state index contributed by atoms with van der Waals surface area (Å²) >= 11 is 0. The number of rotatable bonds is 5. The molecule has 1 heterocycles. The molecule has 5 nitrogen and oxygen atoms in total. The van der Waals surface area contributed by atoms with E-state index in [4.69, 9.17) is 4.42 Å². The molecule has 1 aromatic heterocycles. The Hall–Kier alpha value is -1.10. The predicted molar refractivity (Wildman–Crippen MR) is 73.8 cm³/mol. The van der Waals surface area contributed by atoms with Crippen LogP contribution in [0.1, 0.15) is 51.5 Å². The van der Waals surface area contributed by atoms with E-state index in [9.17, 15) is 0 Å². The van der Waals surface area contributed by atoms with E-state index < -0.39 is 0 Å². The molecule has 3 rings (SSSR count). The zero-order valence-electron chi connectivity index (χ0n) is 12.0. The number of nitrogens with zero attached hydrogens (tertiary/aromatic N) is 2. The Labute approximate surface area is 114 Å². The molecular weight excluding hydrogens is 240 g/mol. The molecule has 1 aromatic rings. The van der Waals surface area contributed by atoms with Crippen molar-refractivity contribution in [3.63, 3.8) is 0 Å². The summed E-state index contributed by atoms with van der Waals surface area (Å²) in [5.74, 6) is 3.30. The maximum atomic E-state index is 5.65. The van der Waals surface area contributed by atoms with Crippen LogP contribution < -0.4 is 10.6 Å². The molecule has 2 bridgehead atoms. The third-order valence-electron chi connectivity index (χ3n) is 5.03. The van der Waals surface area contributed by atoms with Gasteiger partial charge in [0.25, 0.3) is 0 Å². The average Bonchev–Trinajstić information content (AvgIpc) is 3.13. The Bertz CT molecular complexity index is 433. The number of nitrogens with one attached hydrogen (secondary N) is 2. The molecule has 19 heavy (non-hydrogen) atoms. The van der Waals surface area contributed by atoms with E-state index in [1.54, 1.807) is 0 Å². The summed E-state index contributed by atoms with van der Waals surface area (Å²) in [7, 11) is 1.89. The number of aromatic nitrogens is 2. The predicted octanol–water partition coefficient (Wildman–Crippen LogP) is 2.59. The molecule has 0 aromatic carbocycles. The maximum absolute atomic E-state index is 5.65. The Kier molecular flexibility index (Phi) is 3.48. The SMILES string of the molecule is CNC(C)c1nnc(NC(C)C2CC3CCC2C3)o1. The van der Waals surface area contributed by atoms with Gasteiger partial charge in [0, 0.05) is 6.04 Å². The summed E-state index contributed by atoms with van der Waals surface area (Å²) in [6.45, 7) is 4.26. The molecule has 0 saturated heterocycles. The largest absolute Gasteiger partial charge is 0.406 e. The van der Waals surface area contributed by atoms with Crippen LogP contribution in [0, 0.1) is 17.8 Å². The second kappa shape index (κ2) is 5.12. The minimum absolute atomic E-state index is 0.0980. The van der Waals surface area contributed by atoms with Crippen molar-refractivity contribution in [1.82, 2.24) is 15.5 Å². The first-order valence-electron chi connectivity index (χ1n) is 7.44. The fourth-order valence-electron chi connectivity index (χ4n) is 3.80. The van der Waals surface area contributed by atoms with Gasteiger partial charge in [0.15, 0.2) is 0 Å². The average molecular weight is 264 g/mol. The number of hydrogen-bond acceptors (Lipinski definition) is 5. The van der Waals surface area contributed by atoms with E-state index in [0.29, 0.717) is 17.9 Å². The second-order valence-electron chi connectivity index (χ2n) is 6.23. The van der Waals surface area contributed by atoms with Crippen molar-refractivity contribution in [3.05, 3.63) is 5.89 Å². The lowest BCUT2D eigenvalue weighted by molar-refractivity contribution is 0.300. The fourth-order valence-corrected chi connectivity index (χ4v) is 3.80. The Morgan fingerprint density at radius 2 is 2.05 bits per heavy atom. The lowest BCUT2D eigenvalue weighted by atomic mass is 9.84. The molecule has 2 N–H and O–H groups in total. The molecule has 2 aliphatic carbocycles. The van der Waals surface area contributed by atoms with Crippen LogP contribution in [-0.2, 0) is 0 Å². The second-order valence-corrected chi connectivity index (χ2v) is 6.23. The third-order valence-corrected chi connectivity index (χ3v) is 5.03. The summed E-state index contributed by atoms with van der Waals surface area (Å²) in [6, 6.07) is 1.08. The molecule has 2 aliphatic rings. The van der Waals surface area contributed by atoms with Crippen LogP contribution in [-0.4, -0.2) is 23.3 Å². The summed E-state index contributed by atoms with van der Waals surface area (Å²) in [6.07, 6.45) is 5.65. The number of anilines is 1. The van der Waals surface area contributed by atoms with Crippen molar-refractivity contribution in [2.45, 2.75) is 51.6 Å². The van der Waals surface area contributed by atoms with E-state index in [2.05, 4.69) is 27.8 Å². The highest BCUT2D eigenvalue weighted by Gasteiger charge is 2.42. The highest BCUT2D eigenvalue weighted by atomic mass is 16.4. The third kappa shape index (κ3) is 2.48. The van der Waals surface area contributed by atoms with Crippen LogP contribution in [0.2, 0.25) is 0 Å². The lowest BCUT2D eigenvalue weighted by Crippen LogP contribution is -2.30. The fraction of sp³-hybridized carbons (Fsp3) is 0.857. The quantitative estimate of drug-likeness (QED) is 0.856. The molecule has 5 unspecified atom stereocenters. The van der Waals surface area contributed by atoms with Crippen LogP contribution in [0.4, 0.5) is 6.01 Å². The minimum atomic E-state index is 0.0980. The van der Waals surface area contributed by atoms with Crippen LogP contribution in [0.15, 0.2) is 4.42 Å². The smallest absolute Gasteiger partial charge is 0.315 e. The number of fused-ring (bicyclic) bond motifs is 2. The molecule has 0 aliphatic heterocycles. The number of hydrogen-bond donors (Lipinski definition) is 2. The zero-order chi connectivity index (χ0) is 13.4. The Morgan fingerprint density at radius 1 is 1.21 bits per heavy atom. The van der Waals surface area contributed by atoms with E-state index in [1.807, 2.05) is 14.0 Å². The zero-order valence-corrected chi connectivity index (χ0v) is 12.0. The molecule has 2 fully saturated rings. The highest BCUT2D eigenvalue weighted by molar-refractivity contribution is 5.20. The first-order chi connectivity index (χ1) is 9.17. The summed E-state index contributed by atoms with van der Waals surface area (Å²) < 4.78 is 5.65. The molecule has 5 heteroatoms. The summed E-state index contributed by atoms with van der Waals surface area (Å²) in [5.41, 5.74) is 0. The van der Waals surface area contributed by atoms with Crippen molar-refractivity contribution < 1.29 is 4.42 Å². The van der Waals surface area contributed by atoms with Crippen molar-refractivity contribution in [2.75, 3.05) is 12.4 Å². The molecule has 5 atom stereocenters. The molecular formula is C14H24N4O. The molecule has 2 saturated carbocycles. The van der Waals surface area contributed by atoms with Gasteiger partial charge < -0.3 is 15.1 Å². The van der Waals surface area contributed by atoms with E-state index in [0.717, 1.165) is 17.8 Å². The standard InChI is InChI=1S/C14H24N4O/c1-8(12-7-10-4-5-11(12)6-10)16-14-18-17-13(19-14)9(2)15-3/h8-12,15H,4-7H2,1-3H3,(H,16,18). The first kappa shape index (κ1) is 12.9. The monoisotopic (exact) mass is 264 g/mol. The van der Waals surface area contributed by atoms with Crippen molar-refractivity contribution >= 4 is 6.01 Å². The van der Waals surface area contributed by atoms with Gasteiger partial charge in [-0.15, -0.1) is 5.10 Å². The van der Waals surface area contributed by atoms with Gasteiger partial charge in [-0.1, -0.05) is 11.5 Å². The van der Waals surface area contributed by atoms with Crippen LogP contribution >= 0.6 is 0 Å². The van der Waals surface area contributed by atoms with E-state index in [-0.39, 0.29) is 6.04 Å². The molecule has 0 spiro atoms. The van der Waals surface area contributed by atoms with Crippen LogP contribution in [0.5, 0.6) is 0 Å². The Morgan fingerprint density at radius 3 is 2.68 bits per heavy atom. The van der Waals surface area contributed by atoms with E-state index in [1.165, 1.54) is 25.7 Å². The van der Waals surface area contributed by atoms with Gasteiger partial charge in [-0.25, -0.2) is 0 Å². The van der Waals surface area contributed by atoms with Gasteiger partial charge in [0.05, 0.1) is 6.04 Å². The topological polar surface area (TPSA) is 63.0 Å². The highest BCUT2D eigenvalue weighted by Crippen LogP contribution is 2.49. The minimum Gasteiger partial charge on any atom is -0.406 e. The lowest BCUT2D eigenvalue weighted by Gasteiger charge is -2.27. The molecule has 0 amide bonds. The van der Waals surface area contributed by atoms with Crippen molar-refractivity contribution in [2.24, 2.45) is 17.8 Å². The summed E-state index contributed by atoms with van der Waals surface area (Å²) in [4.78, 5) is 0. The maximum Gasteiger partial charge on any atom is 0.315 e. The van der Waals surface area contributed by atoms with Crippen molar-refractivity contribution in [1.29, 1.82) is 0 Å². The normalized spacial score (nSPS) is 32.5. The van der Waals surface area contributed by atoms with Crippen molar-refractivity contribution in [3.8, 4) is 0 Å². The van der Waals surface area contributed by atoms with Gasteiger partial charge in [0.1, 0.15) is 0 Å². The van der Waals surface area contributed by atoms with Gasteiger partial charge in [-0.2, -0.15) is 0 Å². The van der Waals surface area contributed by atoms with Crippen LogP contribution in [0.25, 0.3) is 0 Å². The van der Waals surface area contributed by atoms with Gasteiger partial charge in [-0.05, 0) is 57.9 Å².